The summed E-state index contributed by atoms with van der Waals surface area (Å²) < 4.78 is 10.5. The van der Waals surface area contributed by atoms with E-state index in [9.17, 15) is 4.79 Å². The molecular formula is C12H20N2O3. The van der Waals surface area contributed by atoms with Gasteiger partial charge in [0.1, 0.15) is 17.1 Å². The zero-order valence-corrected chi connectivity index (χ0v) is 11.0. The van der Waals surface area contributed by atoms with Crippen molar-refractivity contribution in [1.29, 1.82) is 0 Å². The van der Waals surface area contributed by atoms with Crippen molar-refractivity contribution in [3.63, 3.8) is 0 Å². The summed E-state index contributed by atoms with van der Waals surface area (Å²) in [5, 5.41) is 0. The maximum Gasteiger partial charge on any atom is 0.422 e. The van der Waals surface area contributed by atoms with E-state index in [0.717, 1.165) is 11.5 Å². The zero-order valence-electron chi connectivity index (χ0n) is 11.0. The van der Waals surface area contributed by atoms with Crippen LogP contribution in [0, 0.1) is 6.92 Å². The van der Waals surface area contributed by atoms with Crippen LogP contribution in [0.5, 0.6) is 0 Å². The Morgan fingerprint density at radius 3 is 2.53 bits per heavy atom. The van der Waals surface area contributed by atoms with Crippen LogP contribution in [-0.2, 0) is 4.74 Å². The van der Waals surface area contributed by atoms with Crippen molar-refractivity contribution in [3.05, 3.63) is 23.7 Å². The van der Waals surface area contributed by atoms with Crippen LogP contribution in [0.15, 0.2) is 16.5 Å². The fraction of sp³-hybridized carbons (Fsp3) is 0.583. The predicted molar refractivity (Wildman–Crippen MR) is 64.4 cm³/mol. The molecule has 0 saturated heterocycles. The summed E-state index contributed by atoms with van der Waals surface area (Å²) in [4.78, 5) is 11.4. The third-order valence-electron chi connectivity index (χ3n) is 1.98. The van der Waals surface area contributed by atoms with Crippen LogP contribution in [0.2, 0.25) is 0 Å². The van der Waals surface area contributed by atoms with Gasteiger partial charge in [-0.3, -0.25) is 5.43 Å². The molecule has 1 amide bonds. The molecule has 0 bridgehead atoms. The molecule has 5 heteroatoms. The van der Waals surface area contributed by atoms with Crippen molar-refractivity contribution in [2.45, 2.75) is 46.3 Å². The Morgan fingerprint density at radius 2 is 2.06 bits per heavy atom. The number of hydrogen-bond donors (Lipinski definition) is 2. The molecule has 0 fully saturated rings. The van der Waals surface area contributed by atoms with Crippen LogP contribution in [0.1, 0.15) is 45.3 Å². The summed E-state index contributed by atoms with van der Waals surface area (Å²) in [5.41, 5.74) is 4.79. The van der Waals surface area contributed by atoms with E-state index in [-0.39, 0.29) is 6.04 Å². The van der Waals surface area contributed by atoms with Gasteiger partial charge in [-0.1, -0.05) is 0 Å². The SMILES string of the molecule is Cc1ccc(C(C)NNC(=O)OC(C)(C)C)o1. The third-order valence-corrected chi connectivity index (χ3v) is 1.98. The number of aryl methyl sites for hydroxylation is 1. The van der Waals surface area contributed by atoms with E-state index in [1.165, 1.54) is 0 Å². The van der Waals surface area contributed by atoms with Crippen molar-refractivity contribution in [1.82, 2.24) is 10.9 Å². The average Bonchev–Trinajstić information content (AvgIpc) is 2.58. The van der Waals surface area contributed by atoms with Gasteiger partial charge in [-0.15, -0.1) is 0 Å². The molecule has 1 heterocycles. The summed E-state index contributed by atoms with van der Waals surface area (Å²) in [7, 11) is 0. The van der Waals surface area contributed by atoms with Gasteiger partial charge in [-0.25, -0.2) is 10.2 Å². The van der Waals surface area contributed by atoms with Crippen molar-refractivity contribution >= 4 is 6.09 Å². The lowest BCUT2D eigenvalue weighted by Gasteiger charge is -2.20. The second kappa shape index (κ2) is 5.23. The molecule has 5 nitrogen and oxygen atoms in total. The maximum atomic E-state index is 11.4. The number of rotatable bonds is 3. The first-order valence-electron chi connectivity index (χ1n) is 5.59. The van der Waals surface area contributed by atoms with E-state index in [1.54, 1.807) is 0 Å². The second-order valence-electron chi connectivity index (χ2n) is 4.94. The Hall–Kier alpha value is -1.49. The Kier molecular flexibility index (Phi) is 4.17. The lowest BCUT2D eigenvalue weighted by atomic mass is 10.2. The van der Waals surface area contributed by atoms with Gasteiger partial charge in [0.15, 0.2) is 0 Å². The molecule has 1 aromatic rings. The average molecular weight is 240 g/mol. The molecule has 1 aromatic heterocycles. The monoisotopic (exact) mass is 240 g/mol. The minimum atomic E-state index is -0.507. The van der Waals surface area contributed by atoms with Gasteiger partial charge in [0.25, 0.3) is 0 Å². The smallest absolute Gasteiger partial charge is 0.422 e. The molecule has 0 aliphatic rings. The molecule has 0 aromatic carbocycles. The Labute approximate surface area is 101 Å². The number of amides is 1. The molecule has 1 atom stereocenters. The molecule has 17 heavy (non-hydrogen) atoms. The highest BCUT2D eigenvalue weighted by atomic mass is 16.6. The summed E-state index contributed by atoms with van der Waals surface area (Å²) in [5.74, 6) is 1.60. The molecule has 0 aliphatic carbocycles. The van der Waals surface area contributed by atoms with Crippen molar-refractivity contribution in [3.8, 4) is 0 Å². The number of ether oxygens (including phenoxy) is 1. The van der Waals surface area contributed by atoms with Crippen LogP contribution >= 0.6 is 0 Å². The van der Waals surface area contributed by atoms with E-state index in [2.05, 4.69) is 10.9 Å². The largest absolute Gasteiger partial charge is 0.465 e. The van der Waals surface area contributed by atoms with Gasteiger partial charge in [0.05, 0.1) is 6.04 Å². The fourth-order valence-electron chi connectivity index (χ4n) is 1.23. The topological polar surface area (TPSA) is 63.5 Å². The lowest BCUT2D eigenvalue weighted by molar-refractivity contribution is 0.0487. The van der Waals surface area contributed by atoms with E-state index < -0.39 is 11.7 Å². The Morgan fingerprint density at radius 1 is 1.41 bits per heavy atom. The first-order chi connectivity index (χ1) is 7.78. The van der Waals surface area contributed by atoms with Crippen LogP contribution in [0.4, 0.5) is 4.79 Å². The summed E-state index contributed by atoms with van der Waals surface area (Å²) in [6, 6.07) is 3.63. The Bertz CT molecular complexity index is 379. The van der Waals surface area contributed by atoms with E-state index in [1.807, 2.05) is 46.8 Å². The van der Waals surface area contributed by atoms with Crippen LogP contribution in [-0.4, -0.2) is 11.7 Å². The first-order valence-corrected chi connectivity index (χ1v) is 5.59. The highest BCUT2D eigenvalue weighted by Gasteiger charge is 2.17. The summed E-state index contributed by atoms with van der Waals surface area (Å²) >= 11 is 0. The highest BCUT2D eigenvalue weighted by molar-refractivity contribution is 5.67. The summed E-state index contributed by atoms with van der Waals surface area (Å²) in [6.07, 6.45) is -0.507. The van der Waals surface area contributed by atoms with Crippen LogP contribution < -0.4 is 10.9 Å². The van der Waals surface area contributed by atoms with Gasteiger partial charge < -0.3 is 9.15 Å². The molecule has 0 spiro atoms. The number of hydrazine groups is 1. The molecule has 1 unspecified atom stereocenters. The fourth-order valence-corrected chi connectivity index (χ4v) is 1.23. The number of furan rings is 1. The number of carbonyl (C=O) groups is 1. The molecule has 0 aliphatic heterocycles. The summed E-state index contributed by atoms with van der Waals surface area (Å²) in [6.45, 7) is 9.19. The second-order valence-corrected chi connectivity index (χ2v) is 4.94. The van der Waals surface area contributed by atoms with Gasteiger partial charge in [0.2, 0.25) is 0 Å². The molecule has 2 N–H and O–H groups in total. The molecule has 96 valence electrons. The van der Waals surface area contributed by atoms with Crippen molar-refractivity contribution in [2.75, 3.05) is 0 Å². The van der Waals surface area contributed by atoms with Gasteiger partial charge >= 0.3 is 6.09 Å². The minimum absolute atomic E-state index is 0.115. The van der Waals surface area contributed by atoms with Crippen LogP contribution in [0.25, 0.3) is 0 Å². The molecular weight excluding hydrogens is 220 g/mol. The number of hydrogen-bond acceptors (Lipinski definition) is 4. The third kappa shape index (κ3) is 4.91. The predicted octanol–water partition coefficient (Wildman–Crippen LogP) is 2.68. The van der Waals surface area contributed by atoms with Crippen LogP contribution in [0.3, 0.4) is 0 Å². The standard InChI is InChI=1S/C12H20N2O3/c1-8-6-7-10(16-8)9(2)13-14-11(15)17-12(3,4)5/h6-7,9,13H,1-5H3,(H,14,15). The molecule has 1 rings (SSSR count). The molecule has 0 radical (unpaired) electrons. The van der Waals surface area contributed by atoms with Crippen molar-refractivity contribution in [2.24, 2.45) is 0 Å². The first kappa shape index (κ1) is 13.6. The maximum absolute atomic E-state index is 11.4. The van der Waals surface area contributed by atoms with E-state index in [0.29, 0.717) is 0 Å². The van der Waals surface area contributed by atoms with Crippen molar-refractivity contribution < 1.29 is 13.9 Å². The zero-order chi connectivity index (χ0) is 13.1. The number of carbonyl (C=O) groups excluding carboxylic acids is 1. The van der Waals surface area contributed by atoms with E-state index >= 15 is 0 Å². The number of nitrogens with one attached hydrogen (secondary N) is 2. The highest BCUT2D eigenvalue weighted by Crippen LogP contribution is 2.14. The van der Waals surface area contributed by atoms with Gasteiger partial charge in [0, 0.05) is 0 Å². The van der Waals surface area contributed by atoms with E-state index in [4.69, 9.17) is 9.15 Å². The lowest BCUT2D eigenvalue weighted by Crippen LogP contribution is -2.42. The molecule has 0 saturated carbocycles. The van der Waals surface area contributed by atoms with Gasteiger partial charge in [-0.2, -0.15) is 0 Å². The van der Waals surface area contributed by atoms with Gasteiger partial charge in [-0.05, 0) is 46.8 Å². The quantitative estimate of drug-likeness (QED) is 0.797. The normalized spacial score (nSPS) is 13.2. The Balaban J connectivity index is 2.38. The minimum Gasteiger partial charge on any atom is -0.465 e.